The molecule has 3 rings (SSSR count). The molecule has 0 N–H and O–H groups in total. The number of amides is 1. The van der Waals surface area contributed by atoms with E-state index in [1.165, 1.54) is 0 Å². The Labute approximate surface area is 134 Å². The van der Waals surface area contributed by atoms with Gasteiger partial charge in [0.05, 0.1) is 6.54 Å². The van der Waals surface area contributed by atoms with Gasteiger partial charge in [0.15, 0.2) is 0 Å². The van der Waals surface area contributed by atoms with Crippen molar-refractivity contribution in [3.63, 3.8) is 0 Å². The van der Waals surface area contributed by atoms with Crippen molar-refractivity contribution in [2.24, 2.45) is 0 Å². The Kier molecular flexibility index (Phi) is 4.71. The van der Waals surface area contributed by atoms with Crippen LogP contribution in [0.4, 0.5) is 5.69 Å². The van der Waals surface area contributed by atoms with Crippen LogP contribution in [0.25, 0.3) is 0 Å². The Hall–Kier alpha value is -1.91. The summed E-state index contributed by atoms with van der Waals surface area (Å²) in [6.45, 7) is 1.10. The second kappa shape index (κ2) is 6.90. The van der Waals surface area contributed by atoms with Crippen molar-refractivity contribution < 1.29 is 9.53 Å². The summed E-state index contributed by atoms with van der Waals surface area (Å²) >= 11 is 6.07. The first-order chi connectivity index (χ1) is 10.7. The molecule has 1 aromatic heterocycles. The third-order valence-electron chi connectivity index (χ3n) is 3.65. The number of anilines is 1. The zero-order valence-corrected chi connectivity index (χ0v) is 12.9. The van der Waals surface area contributed by atoms with E-state index in [1.807, 2.05) is 24.3 Å². The highest BCUT2D eigenvalue weighted by Crippen LogP contribution is 2.25. The molecule has 1 aliphatic heterocycles. The van der Waals surface area contributed by atoms with Crippen LogP contribution in [0.15, 0.2) is 48.8 Å². The second-order valence-electron chi connectivity index (χ2n) is 5.27. The van der Waals surface area contributed by atoms with E-state index < -0.39 is 0 Å². The fourth-order valence-corrected chi connectivity index (χ4v) is 2.75. The molecule has 1 aromatic carbocycles. The number of nitrogens with zero attached hydrogens (tertiary/aromatic N) is 2. The number of rotatable bonds is 4. The molecule has 22 heavy (non-hydrogen) atoms. The number of carbonyl (C=O) groups is 1. The Balaban J connectivity index is 1.89. The average molecular weight is 317 g/mol. The summed E-state index contributed by atoms with van der Waals surface area (Å²) in [7, 11) is 0. The maximum Gasteiger partial charge on any atom is 0.256 e. The Bertz CT molecular complexity index is 642. The summed E-state index contributed by atoms with van der Waals surface area (Å²) in [5, 5.41) is 0.605. The molecule has 0 radical (unpaired) electrons. The number of hydrogen-bond donors (Lipinski definition) is 0. The van der Waals surface area contributed by atoms with Crippen molar-refractivity contribution >= 4 is 23.2 Å². The number of halogens is 1. The number of hydrogen-bond acceptors (Lipinski definition) is 3. The molecule has 1 fully saturated rings. The standard InChI is InChI=1S/C17H17ClN2O2/c18-14-5-1-6-15(10-14)20(12-13-4-2-8-19-11-13)17(21)16-7-3-9-22-16/h1-2,4-6,8,10-11,16H,3,7,9,12H2. The molecular formula is C17H17ClN2O2. The van der Waals surface area contributed by atoms with E-state index in [1.54, 1.807) is 29.4 Å². The van der Waals surface area contributed by atoms with Gasteiger partial charge in [-0.05, 0) is 42.7 Å². The van der Waals surface area contributed by atoms with Crippen LogP contribution < -0.4 is 4.90 Å². The number of benzene rings is 1. The highest BCUT2D eigenvalue weighted by Gasteiger charge is 2.29. The molecule has 0 saturated carbocycles. The van der Waals surface area contributed by atoms with Gasteiger partial charge in [0.1, 0.15) is 6.10 Å². The Morgan fingerprint density at radius 1 is 1.36 bits per heavy atom. The number of ether oxygens (including phenoxy) is 1. The SMILES string of the molecule is O=C(C1CCCO1)N(Cc1cccnc1)c1cccc(Cl)c1. The number of pyridine rings is 1. The summed E-state index contributed by atoms with van der Waals surface area (Å²) in [4.78, 5) is 18.6. The molecule has 1 saturated heterocycles. The average Bonchev–Trinajstić information content (AvgIpc) is 3.07. The topological polar surface area (TPSA) is 42.4 Å². The van der Waals surface area contributed by atoms with Gasteiger partial charge in [-0.2, -0.15) is 0 Å². The lowest BCUT2D eigenvalue weighted by Crippen LogP contribution is -2.38. The number of aromatic nitrogens is 1. The van der Waals surface area contributed by atoms with Gasteiger partial charge in [0.2, 0.25) is 0 Å². The van der Waals surface area contributed by atoms with E-state index in [0.29, 0.717) is 18.2 Å². The van der Waals surface area contributed by atoms with Gasteiger partial charge < -0.3 is 9.64 Å². The maximum absolute atomic E-state index is 12.8. The van der Waals surface area contributed by atoms with Gasteiger partial charge in [-0.15, -0.1) is 0 Å². The first-order valence-corrected chi connectivity index (χ1v) is 7.69. The van der Waals surface area contributed by atoms with Crippen LogP contribution in [0.5, 0.6) is 0 Å². The van der Waals surface area contributed by atoms with E-state index in [-0.39, 0.29) is 12.0 Å². The van der Waals surface area contributed by atoms with Crippen LogP contribution in [-0.4, -0.2) is 23.6 Å². The van der Waals surface area contributed by atoms with Gasteiger partial charge in [-0.25, -0.2) is 0 Å². The molecule has 2 heterocycles. The van der Waals surface area contributed by atoms with E-state index >= 15 is 0 Å². The third kappa shape index (κ3) is 3.46. The lowest BCUT2D eigenvalue weighted by molar-refractivity contribution is -0.127. The predicted molar refractivity (Wildman–Crippen MR) is 85.9 cm³/mol. The fourth-order valence-electron chi connectivity index (χ4n) is 2.56. The maximum atomic E-state index is 12.8. The van der Waals surface area contributed by atoms with Crippen LogP contribution in [0.3, 0.4) is 0 Å². The number of carbonyl (C=O) groups excluding carboxylic acids is 1. The lowest BCUT2D eigenvalue weighted by Gasteiger charge is -2.25. The molecule has 1 aliphatic rings. The molecule has 1 atom stereocenters. The van der Waals surface area contributed by atoms with Crippen molar-refractivity contribution in [1.29, 1.82) is 0 Å². The lowest BCUT2D eigenvalue weighted by atomic mass is 10.1. The summed E-state index contributed by atoms with van der Waals surface area (Å²) in [5.41, 5.74) is 1.74. The Morgan fingerprint density at radius 3 is 2.95 bits per heavy atom. The van der Waals surface area contributed by atoms with Gasteiger partial charge >= 0.3 is 0 Å². The summed E-state index contributed by atoms with van der Waals surface area (Å²) < 4.78 is 5.55. The van der Waals surface area contributed by atoms with Crippen molar-refractivity contribution in [2.45, 2.75) is 25.5 Å². The molecule has 0 bridgehead atoms. The van der Waals surface area contributed by atoms with Crippen LogP contribution >= 0.6 is 11.6 Å². The monoisotopic (exact) mass is 316 g/mol. The highest BCUT2D eigenvalue weighted by atomic mass is 35.5. The van der Waals surface area contributed by atoms with Gasteiger partial charge in [0, 0.05) is 29.7 Å². The smallest absolute Gasteiger partial charge is 0.256 e. The van der Waals surface area contributed by atoms with Crippen LogP contribution in [0, 0.1) is 0 Å². The van der Waals surface area contributed by atoms with Crippen molar-refractivity contribution in [3.05, 3.63) is 59.4 Å². The van der Waals surface area contributed by atoms with Crippen LogP contribution in [0.1, 0.15) is 18.4 Å². The fraction of sp³-hybridized carbons (Fsp3) is 0.294. The van der Waals surface area contributed by atoms with Crippen molar-refractivity contribution in [1.82, 2.24) is 4.98 Å². The van der Waals surface area contributed by atoms with E-state index in [0.717, 1.165) is 24.1 Å². The first kappa shape index (κ1) is 15.0. The Morgan fingerprint density at radius 2 is 2.27 bits per heavy atom. The minimum atomic E-state index is -0.365. The van der Waals surface area contributed by atoms with E-state index in [4.69, 9.17) is 16.3 Å². The molecule has 0 aliphatic carbocycles. The second-order valence-corrected chi connectivity index (χ2v) is 5.70. The molecule has 4 nitrogen and oxygen atoms in total. The quantitative estimate of drug-likeness (QED) is 0.867. The highest BCUT2D eigenvalue weighted by molar-refractivity contribution is 6.30. The molecule has 5 heteroatoms. The minimum absolute atomic E-state index is 0.0244. The molecule has 2 aromatic rings. The predicted octanol–water partition coefficient (Wildman–Crippen LogP) is 3.45. The largest absolute Gasteiger partial charge is 0.368 e. The molecule has 1 amide bonds. The van der Waals surface area contributed by atoms with Gasteiger partial charge in [-0.3, -0.25) is 9.78 Å². The molecule has 1 unspecified atom stereocenters. The zero-order valence-electron chi connectivity index (χ0n) is 12.1. The third-order valence-corrected chi connectivity index (χ3v) is 3.89. The molecule has 114 valence electrons. The summed E-state index contributed by atoms with van der Waals surface area (Å²) in [6, 6.07) is 11.1. The van der Waals surface area contributed by atoms with E-state index in [9.17, 15) is 4.79 Å². The van der Waals surface area contributed by atoms with Gasteiger partial charge in [-0.1, -0.05) is 23.7 Å². The minimum Gasteiger partial charge on any atom is -0.368 e. The van der Waals surface area contributed by atoms with Crippen LogP contribution in [-0.2, 0) is 16.1 Å². The summed E-state index contributed by atoms with van der Waals surface area (Å²) in [5.74, 6) is -0.0244. The zero-order chi connectivity index (χ0) is 15.4. The van der Waals surface area contributed by atoms with Gasteiger partial charge in [0.25, 0.3) is 5.91 Å². The molecular weight excluding hydrogens is 300 g/mol. The van der Waals surface area contributed by atoms with Crippen LogP contribution in [0.2, 0.25) is 5.02 Å². The van der Waals surface area contributed by atoms with E-state index in [2.05, 4.69) is 4.98 Å². The first-order valence-electron chi connectivity index (χ1n) is 7.31. The van der Waals surface area contributed by atoms with Crippen molar-refractivity contribution in [3.8, 4) is 0 Å². The van der Waals surface area contributed by atoms with Crippen molar-refractivity contribution in [2.75, 3.05) is 11.5 Å². The normalized spacial score (nSPS) is 17.4. The molecule has 0 spiro atoms. The summed E-state index contributed by atoms with van der Waals surface area (Å²) in [6.07, 6.45) is 4.81.